The summed E-state index contributed by atoms with van der Waals surface area (Å²) < 4.78 is 6.18. The highest BCUT2D eigenvalue weighted by atomic mass is 16.5. The largest absolute Gasteiger partial charge is 0.481 e. The Morgan fingerprint density at radius 1 is 0.903 bits per heavy atom. The number of carbonyl (C=O) groups is 1. The molecule has 31 heavy (non-hydrogen) atoms. The molecule has 2 atom stereocenters. The van der Waals surface area contributed by atoms with Crippen LogP contribution in [0.15, 0.2) is 72.8 Å². The maximum atomic E-state index is 13.3. The van der Waals surface area contributed by atoms with Crippen LogP contribution < -0.4 is 10.1 Å². The van der Waals surface area contributed by atoms with E-state index in [4.69, 9.17) is 4.74 Å². The van der Waals surface area contributed by atoms with Gasteiger partial charge in [0.25, 0.3) is 5.91 Å². The molecule has 0 radical (unpaired) electrons. The maximum absolute atomic E-state index is 13.3. The Kier molecular flexibility index (Phi) is 6.71. The highest BCUT2D eigenvalue weighted by molar-refractivity contribution is 5.82. The molecular weight excluding hydrogens is 382 g/mol. The van der Waals surface area contributed by atoms with Gasteiger partial charge in [-0.25, -0.2) is 0 Å². The lowest BCUT2D eigenvalue weighted by molar-refractivity contribution is -0.128. The average Bonchev–Trinajstić information content (AvgIpc) is 2.81. The molecule has 1 amide bonds. The number of hydrogen-bond donors (Lipinski definition) is 1. The second-order valence-electron chi connectivity index (χ2n) is 8.42. The molecule has 3 nitrogen and oxygen atoms in total. The second kappa shape index (κ2) is 9.82. The minimum Gasteiger partial charge on any atom is -0.481 e. The summed E-state index contributed by atoms with van der Waals surface area (Å²) in [4.78, 5) is 13.3. The predicted octanol–water partition coefficient (Wildman–Crippen LogP) is 5.94. The molecule has 0 spiro atoms. The summed E-state index contributed by atoms with van der Waals surface area (Å²) in [6.45, 7) is 4.06. The molecule has 3 aromatic rings. The van der Waals surface area contributed by atoms with Crippen LogP contribution in [0.1, 0.15) is 60.0 Å². The lowest BCUT2D eigenvalue weighted by atomic mass is 9.92. The summed E-state index contributed by atoms with van der Waals surface area (Å²) in [5.74, 6) is 0.699. The number of rotatable bonds is 7. The molecule has 0 unspecified atom stereocenters. The third-order valence-corrected chi connectivity index (χ3v) is 6.06. The van der Waals surface area contributed by atoms with E-state index in [2.05, 4.69) is 54.7 Å². The minimum atomic E-state index is -0.530. The first kappa shape index (κ1) is 21.2. The fourth-order valence-corrected chi connectivity index (χ4v) is 4.36. The third-order valence-electron chi connectivity index (χ3n) is 6.06. The van der Waals surface area contributed by atoms with Crippen molar-refractivity contribution < 1.29 is 9.53 Å². The number of aryl methyl sites for hydroxylation is 3. The molecule has 0 saturated heterocycles. The highest BCUT2D eigenvalue weighted by Crippen LogP contribution is 2.27. The van der Waals surface area contributed by atoms with Gasteiger partial charge in [-0.05, 0) is 73.4 Å². The fourth-order valence-electron chi connectivity index (χ4n) is 4.36. The van der Waals surface area contributed by atoms with Gasteiger partial charge in [0.1, 0.15) is 5.75 Å². The van der Waals surface area contributed by atoms with Crippen molar-refractivity contribution in [3.63, 3.8) is 0 Å². The molecule has 1 aliphatic carbocycles. The van der Waals surface area contributed by atoms with Crippen LogP contribution in [0.3, 0.4) is 0 Å². The SMILES string of the molecule is CC[C@@H](Oc1ccc2c(c1)CCCC2)C(=O)N[C@@H](c1ccccc1)c1cccc(C)c1. The number of carbonyl (C=O) groups excluding carboxylic acids is 1. The Hall–Kier alpha value is -3.07. The van der Waals surface area contributed by atoms with E-state index < -0.39 is 6.10 Å². The Balaban J connectivity index is 1.54. The Labute approximate surface area is 185 Å². The topological polar surface area (TPSA) is 38.3 Å². The van der Waals surface area contributed by atoms with Crippen LogP contribution in [-0.2, 0) is 17.6 Å². The first-order chi connectivity index (χ1) is 15.1. The number of ether oxygens (including phenoxy) is 1. The molecule has 1 aliphatic rings. The molecular formula is C28H31NO2. The lowest BCUT2D eigenvalue weighted by Gasteiger charge is -2.24. The van der Waals surface area contributed by atoms with Crippen LogP contribution in [0.5, 0.6) is 5.75 Å². The molecule has 4 rings (SSSR count). The molecule has 0 saturated carbocycles. The first-order valence-corrected chi connectivity index (χ1v) is 11.3. The summed E-state index contributed by atoms with van der Waals surface area (Å²) >= 11 is 0. The summed E-state index contributed by atoms with van der Waals surface area (Å²) in [7, 11) is 0. The summed E-state index contributed by atoms with van der Waals surface area (Å²) in [5, 5.41) is 3.25. The molecule has 0 aliphatic heterocycles. The van der Waals surface area contributed by atoms with Crippen molar-refractivity contribution >= 4 is 5.91 Å². The van der Waals surface area contributed by atoms with Crippen LogP contribution >= 0.6 is 0 Å². The van der Waals surface area contributed by atoms with Crippen molar-refractivity contribution in [1.82, 2.24) is 5.32 Å². The van der Waals surface area contributed by atoms with Crippen LogP contribution in [0, 0.1) is 6.92 Å². The van der Waals surface area contributed by atoms with E-state index in [1.807, 2.05) is 37.3 Å². The van der Waals surface area contributed by atoms with E-state index in [-0.39, 0.29) is 11.9 Å². The van der Waals surface area contributed by atoms with Crippen molar-refractivity contribution in [3.8, 4) is 5.75 Å². The monoisotopic (exact) mass is 413 g/mol. The standard InChI is InChI=1S/C28H31NO2/c1-3-26(31-25-17-16-21-11-7-8-14-23(21)19-25)28(30)29-27(22-12-5-4-6-13-22)24-15-9-10-20(2)18-24/h4-6,9-10,12-13,15-19,26-27H,3,7-8,11,14H2,1-2H3,(H,29,30)/t26-,27+/m1/s1. The zero-order valence-corrected chi connectivity index (χ0v) is 18.4. The second-order valence-corrected chi connectivity index (χ2v) is 8.42. The Bertz CT molecular complexity index is 1030. The summed E-state index contributed by atoms with van der Waals surface area (Å²) in [6, 6.07) is 24.5. The van der Waals surface area contributed by atoms with Gasteiger partial charge in [-0.1, -0.05) is 73.2 Å². The molecule has 3 heteroatoms. The molecule has 0 bridgehead atoms. The van der Waals surface area contributed by atoms with Gasteiger partial charge in [-0.15, -0.1) is 0 Å². The van der Waals surface area contributed by atoms with Crippen molar-refractivity contribution in [1.29, 1.82) is 0 Å². The molecule has 160 valence electrons. The zero-order chi connectivity index (χ0) is 21.6. The molecule has 1 N–H and O–H groups in total. The lowest BCUT2D eigenvalue weighted by Crippen LogP contribution is -2.40. The number of nitrogens with one attached hydrogen (secondary N) is 1. The van der Waals surface area contributed by atoms with Gasteiger partial charge in [0.2, 0.25) is 0 Å². The summed E-state index contributed by atoms with van der Waals surface area (Å²) in [6.07, 6.45) is 4.80. The molecule has 0 heterocycles. The van der Waals surface area contributed by atoms with E-state index in [0.29, 0.717) is 6.42 Å². The van der Waals surface area contributed by atoms with E-state index in [9.17, 15) is 4.79 Å². The first-order valence-electron chi connectivity index (χ1n) is 11.3. The molecule has 3 aromatic carbocycles. The molecule has 0 fully saturated rings. The van der Waals surface area contributed by atoms with Crippen molar-refractivity contribution in [2.75, 3.05) is 0 Å². The predicted molar refractivity (Wildman–Crippen MR) is 125 cm³/mol. The van der Waals surface area contributed by atoms with Gasteiger partial charge in [0.15, 0.2) is 6.10 Å². The normalized spacial score (nSPS) is 14.9. The van der Waals surface area contributed by atoms with E-state index in [1.165, 1.54) is 29.5 Å². The Morgan fingerprint density at radius 2 is 1.65 bits per heavy atom. The number of benzene rings is 3. The van der Waals surface area contributed by atoms with Gasteiger partial charge in [-0.2, -0.15) is 0 Å². The van der Waals surface area contributed by atoms with Crippen LogP contribution in [0.2, 0.25) is 0 Å². The average molecular weight is 414 g/mol. The van der Waals surface area contributed by atoms with Crippen LogP contribution in [0.25, 0.3) is 0 Å². The number of hydrogen-bond acceptors (Lipinski definition) is 2. The highest BCUT2D eigenvalue weighted by Gasteiger charge is 2.24. The minimum absolute atomic E-state index is 0.0874. The fraction of sp³-hybridized carbons (Fsp3) is 0.321. The van der Waals surface area contributed by atoms with Gasteiger partial charge in [0, 0.05) is 0 Å². The van der Waals surface area contributed by atoms with E-state index in [0.717, 1.165) is 29.7 Å². The maximum Gasteiger partial charge on any atom is 0.261 e. The molecule has 0 aromatic heterocycles. The van der Waals surface area contributed by atoms with Crippen molar-refractivity contribution in [2.24, 2.45) is 0 Å². The van der Waals surface area contributed by atoms with Gasteiger partial charge in [0.05, 0.1) is 6.04 Å². The third kappa shape index (κ3) is 5.16. The summed E-state index contributed by atoms with van der Waals surface area (Å²) in [5.41, 5.74) is 6.08. The van der Waals surface area contributed by atoms with Gasteiger partial charge < -0.3 is 10.1 Å². The van der Waals surface area contributed by atoms with Gasteiger partial charge in [-0.3, -0.25) is 4.79 Å². The number of fused-ring (bicyclic) bond motifs is 1. The smallest absolute Gasteiger partial charge is 0.261 e. The number of amides is 1. The Morgan fingerprint density at radius 3 is 2.39 bits per heavy atom. The van der Waals surface area contributed by atoms with Crippen molar-refractivity contribution in [3.05, 3.63) is 101 Å². The van der Waals surface area contributed by atoms with Crippen molar-refractivity contribution in [2.45, 2.75) is 58.1 Å². The van der Waals surface area contributed by atoms with E-state index >= 15 is 0 Å². The van der Waals surface area contributed by atoms with Crippen LogP contribution in [-0.4, -0.2) is 12.0 Å². The quantitative estimate of drug-likeness (QED) is 0.521. The van der Waals surface area contributed by atoms with Crippen LogP contribution in [0.4, 0.5) is 0 Å². The van der Waals surface area contributed by atoms with Gasteiger partial charge >= 0.3 is 0 Å². The zero-order valence-electron chi connectivity index (χ0n) is 18.4. The van der Waals surface area contributed by atoms with E-state index in [1.54, 1.807) is 0 Å².